The number of fused-ring (bicyclic) bond motifs is 5. The molecule has 0 saturated heterocycles. The van der Waals surface area contributed by atoms with E-state index in [9.17, 15) is 0 Å². The van der Waals surface area contributed by atoms with Crippen LogP contribution in [0.25, 0.3) is 26.1 Å². The van der Waals surface area contributed by atoms with Crippen LogP contribution >= 0.6 is 22.9 Å². The molecule has 0 amide bonds. The maximum atomic E-state index is 5.96. The first kappa shape index (κ1) is 15.7. The van der Waals surface area contributed by atoms with Crippen molar-refractivity contribution in [3.8, 4) is 0 Å². The first-order chi connectivity index (χ1) is 12.6. The van der Waals surface area contributed by atoms with Crippen LogP contribution in [0.4, 0.5) is 0 Å². The smallest absolute Gasteiger partial charge is 0.176 e. The van der Waals surface area contributed by atoms with Crippen molar-refractivity contribution in [2.45, 2.75) is 20.3 Å². The predicted molar refractivity (Wildman–Crippen MR) is 105 cm³/mol. The number of benzene rings is 1. The van der Waals surface area contributed by atoms with Crippen molar-refractivity contribution >= 4 is 49.0 Å². The number of nitrogens with zero attached hydrogens (tertiary/aromatic N) is 5. The van der Waals surface area contributed by atoms with Gasteiger partial charge in [0.2, 0.25) is 0 Å². The van der Waals surface area contributed by atoms with Crippen LogP contribution in [0.5, 0.6) is 0 Å². The molecule has 0 saturated carbocycles. The van der Waals surface area contributed by atoms with Crippen LogP contribution in [0.2, 0.25) is 5.02 Å². The zero-order valence-corrected chi connectivity index (χ0v) is 15.8. The van der Waals surface area contributed by atoms with E-state index >= 15 is 0 Å². The summed E-state index contributed by atoms with van der Waals surface area (Å²) in [6, 6.07) is 9.86. The molecule has 5 rings (SSSR count). The fourth-order valence-electron chi connectivity index (χ4n) is 3.27. The predicted octanol–water partition coefficient (Wildman–Crippen LogP) is 4.75. The summed E-state index contributed by atoms with van der Waals surface area (Å²) >= 11 is 7.59. The van der Waals surface area contributed by atoms with Crippen molar-refractivity contribution in [2.24, 2.45) is 0 Å². The summed E-state index contributed by atoms with van der Waals surface area (Å²) in [5.41, 5.74) is 5.12. The average molecular weight is 380 g/mol. The van der Waals surface area contributed by atoms with Gasteiger partial charge < -0.3 is 0 Å². The lowest BCUT2D eigenvalue weighted by Gasteiger charge is -1.98. The standard InChI is InChI=1S/C19H14ClN5S/c1-10-7-11(2)22-19-15(10)16-17(26-19)18-23-14(24-25(18)9-21-16)8-12-3-5-13(20)6-4-12/h3-7,9H,8H2,1-2H3. The number of halogens is 1. The lowest BCUT2D eigenvalue weighted by atomic mass is 10.1. The zero-order valence-electron chi connectivity index (χ0n) is 14.2. The molecular formula is C19H14ClN5S. The van der Waals surface area contributed by atoms with Crippen molar-refractivity contribution in [2.75, 3.05) is 0 Å². The summed E-state index contributed by atoms with van der Waals surface area (Å²) < 4.78 is 2.78. The van der Waals surface area contributed by atoms with E-state index in [0.717, 1.165) is 48.2 Å². The summed E-state index contributed by atoms with van der Waals surface area (Å²) in [5.74, 6) is 0.764. The van der Waals surface area contributed by atoms with Crippen LogP contribution in [-0.2, 0) is 6.42 Å². The Bertz CT molecular complexity index is 1290. The lowest BCUT2D eigenvalue weighted by molar-refractivity contribution is 0.884. The molecule has 0 aliphatic heterocycles. The zero-order chi connectivity index (χ0) is 17.8. The van der Waals surface area contributed by atoms with E-state index in [4.69, 9.17) is 16.6 Å². The minimum Gasteiger partial charge on any atom is -0.242 e. The molecule has 0 fully saturated rings. The van der Waals surface area contributed by atoms with Crippen molar-refractivity contribution in [3.05, 3.63) is 64.3 Å². The largest absolute Gasteiger partial charge is 0.242 e. The Morgan fingerprint density at radius 2 is 1.92 bits per heavy atom. The minimum atomic E-state index is 0.654. The van der Waals surface area contributed by atoms with Gasteiger partial charge in [-0.2, -0.15) is 0 Å². The highest BCUT2D eigenvalue weighted by molar-refractivity contribution is 7.26. The van der Waals surface area contributed by atoms with E-state index < -0.39 is 0 Å². The van der Waals surface area contributed by atoms with E-state index in [-0.39, 0.29) is 0 Å². The molecule has 0 bridgehead atoms. The Balaban J connectivity index is 1.69. The summed E-state index contributed by atoms with van der Waals surface area (Å²) in [4.78, 5) is 15.1. The van der Waals surface area contributed by atoms with Gasteiger partial charge in [-0.25, -0.2) is 19.5 Å². The number of hydrogen-bond donors (Lipinski definition) is 0. The highest BCUT2D eigenvalue weighted by Gasteiger charge is 2.16. The van der Waals surface area contributed by atoms with Crippen LogP contribution in [0.3, 0.4) is 0 Å². The van der Waals surface area contributed by atoms with Crippen molar-refractivity contribution in [1.29, 1.82) is 0 Å². The Morgan fingerprint density at radius 1 is 1.12 bits per heavy atom. The number of pyridine rings is 1. The summed E-state index contributed by atoms with van der Waals surface area (Å²) in [7, 11) is 0. The van der Waals surface area contributed by atoms with E-state index in [1.807, 2.05) is 31.2 Å². The Kier molecular flexibility index (Phi) is 3.45. The number of aromatic nitrogens is 5. The molecular weight excluding hydrogens is 366 g/mol. The normalized spacial score (nSPS) is 11.8. The quantitative estimate of drug-likeness (QED) is 0.444. The van der Waals surface area contributed by atoms with Gasteiger partial charge in [-0.3, -0.25) is 0 Å². The second kappa shape index (κ2) is 5.72. The maximum absolute atomic E-state index is 5.96. The number of rotatable bonds is 2. The fraction of sp³-hybridized carbons (Fsp3) is 0.158. The summed E-state index contributed by atoms with van der Waals surface area (Å²) in [6.45, 7) is 4.12. The molecule has 1 aromatic carbocycles. The summed E-state index contributed by atoms with van der Waals surface area (Å²) in [6.07, 6.45) is 2.39. The Hall–Kier alpha value is -2.57. The van der Waals surface area contributed by atoms with Crippen LogP contribution in [0, 0.1) is 13.8 Å². The van der Waals surface area contributed by atoms with Crippen LogP contribution in [0.15, 0.2) is 36.7 Å². The second-order valence-electron chi connectivity index (χ2n) is 6.38. The third-order valence-electron chi connectivity index (χ3n) is 4.41. The molecule has 0 aliphatic rings. The van der Waals surface area contributed by atoms with Gasteiger partial charge in [0.05, 0.1) is 5.52 Å². The number of hydrogen-bond acceptors (Lipinski definition) is 5. The molecule has 0 N–H and O–H groups in total. The first-order valence-corrected chi connectivity index (χ1v) is 9.43. The number of thiophene rings is 1. The van der Waals surface area contributed by atoms with E-state index in [1.165, 1.54) is 5.56 Å². The van der Waals surface area contributed by atoms with Gasteiger partial charge in [-0.1, -0.05) is 23.7 Å². The van der Waals surface area contributed by atoms with Crippen LogP contribution in [0.1, 0.15) is 22.6 Å². The first-order valence-electron chi connectivity index (χ1n) is 8.23. The van der Waals surface area contributed by atoms with Gasteiger partial charge in [0, 0.05) is 22.5 Å². The van der Waals surface area contributed by atoms with Gasteiger partial charge in [-0.05, 0) is 43.2 Å². The van der Waals surface area contributed by atoms with E-state index in [0.29, 0.717) is 6.42 Å². The molecule has 5 nitrogen and oxygen atoms in total. The molecule has 4 aromatic heterocycles. The monoisotopic (exact) mass is 379 g/mol. The van der Waals surface area contributed by atoms with E-state index in [2.05, 4.69) is 28.1 Å². The summed E-state index contributed by atoms with van der Waals surface area (Å²) in [5, 5.41) is 6.43. The minimum absolute atomic E-state index is 0.654. The van der Waals surface area contributed by atoms with Gasteiger partial charge in [0.25, 0.3) is 0 Å². The molecule has 26 heavy (non-hydrogen) atoms. The Morgan fingerprint density at radius 3 is 2.73 bits per heavy atom. The lowest BCUT2D eigenvalue weighted by Crippen LogP contribution is -1.92. The van der Waals surface area contributed by atoms with Gasteiger partial charge >= 0.3 is 0 Å². The maximum Gasteiger partial charge on any atom is 0.176 e. The molecule has 0 radical (unpaired) electrons. The molecule has 128 valence electrons. The molecule has 0 spiro atoms. The number of aryl methyl sites for hydroxylation is 2. The van der Waals surface area contributed by atoms with Gasteiger partial charge in [-0.15, -0.1) is 16.4 Å². The van der Waals surface area contributed by atoms with Gasteiger partial charge in [0.1, 0.15) is 15.9 Å². The third kappa shape index (κ3) is 2.45. The van der Waals surface area contributed by atoms with Gasteiger partial charge in [0.15, 0.2) is 11.5 Å². The van der Waals surface area contributed by atoms with Crippen molar-refractivity contribution in [3.63, 3.8) is 0 Å². The third-order valence-corrected chi connectivity index (χ3v) is 5.73. The molecule has 5 aromatic rings. The van der Waals surface area contributed by atoms with Crippen LogP contribution < -0.4 is 0 Å². The molecule has 4 heterocycles. The van der Waals surface area contributed by atoms with E-state index in [1.54, 1.807) is 22.2 Å². The van der Waals surface area contributed by atoms with Crippen molar-refractivity contribution in [1.82, 2.24) is 24.6 Å². The van der Waals surface area contributed by atoms with Crippen molar-refractivity contribution < 1.29 is 0 Å². The Labute approximate surface area is 158 Å². The molecule has 7 heteroatoms. The highest BCUT2D eigenvalue weighted by Crippen LogP contribution is 2.35. The fourth-order valence-corrected chi connectivity index (χ4v) is 4.62. The highest BCUT2D eigenvalue weighted by atomic mass is 35.5. The molecule has 0 unspecified atom stereocenters. The molecule has 0 aliphatic carbocycles. The van der Waals surface area contributed by atoms with Crippen LogP contribution in [-0.4, -0.2) is 24.6 Å². The SMILES string of the molecule is Cc1cc(C)c2c(n1)sc1c2ncn2nc(Cc3ccc(Cl)cc3)nc12. The molecule has 0 atom stereocenters. The average Bonchev–Trinajstić information content (AvgIpc) is 3.17. The second-order valence-corrected chi connectivity index (χ2v) is 7.82. The topological polar surface area (TPSA) is 56.0 Å².